The monoisotopic (exact) mass is 208 g/mol. The quantitative estimate of drug-likeness (QED) is 0.748. The van der Waals surface area contributed by atoms with Gasteiger partial charge < -0.3 is 10.6 Å². The highest BCUT2D eigenvalue weighted by Crippen LogP contribution is 2.14. The van der Waals surface area contributed by atoms with Crippen LogP contribution < -0.4 is 5.73 Å². The summed E-state index contributed by atoms with van der Waals surface area (Å²) in [4.78, 5) is 13.4. The van der Waals surface area contributed by atoms with Gasteiger partial charge in [-0.1, -0.05) is 12.1 Å². The molecule has 1 fully saturated rings. The molecule has 15 heavy (non-hydrogen) atoms. The zero-order valence-corrected chi connectivity index (χ0v) is 8.32. The van der Waals surface area contributed by atoms with Crippen molar-refractivity contribution >= 4 is 5.91 Å². The normalized spacial score (nSPS) is 20.7. The third kappa shape index (κ3) is 1.99. The molecule has 1 amide bonds. The van der Waals surface area contributed by atoms with E-state index in [0.717, 1.165) is 6.42 Å². The second kappa shape index (κ2) is 3.98. The molecule has 1 saturated heterocycles. The lowest BCUT2D eigenvalue weighted by atomic mass is 10.2. The molecule has 0 spiro atoms. The summed E-state index contributed by atoms with van der Waals surface area (Å²) < 4.78 is 13.3. The van der Waals surface area contributed by atoms with Gasteiger partial charge in [0.05, 0.1) is 5.56 Å². The van der Waals surface area contributed by atoms with Crippen molar-refractivity contribution in [3.05, 3.63) is 35.6 Å². The van der Waals surface area contributed by atoms with Crippen LogP contribution in [0.25, 0.3) is 0 Å². The van der Waals surface area contributed by atoms with Crippen molar-refractivity contribution < 1.29 is 9.18 Å². The number of carbonyl (C=O) groups is 1. The highest BCUT2D eigenvalue weighted by molar-refractivity contribution is 5.94. The molecule has 3 nitrogen and oxygen atoms in total. The Balaban J connectivity index is 2.18. The first-order valence-electron chi connectivity index (χ1n) is 4.98. The fourth-order valence-corrected chi connectivity index (χ4v) is 1.78. The topological polar surface area (TPSA) is 46.3 Å². The van der Waals surface area contributed by atoms with E-state index < -0.39 is 5.82 Å². The molecule has 1 aliphatic heterocycles. The van der Waals surface area contributed by atoms with Gasteiger partial charge in [-0.05, 0) is 18.6 Å². The Kier molecular flexibility index (Phi) is 2.68. The van der Waals surface area contributed by atoms with Crippen LogP contribution in [0.3, 0.4) is 0 Å². The Labute approximate surface area is 87.7 Å². The largest absolute Gasteiger partial charge is 0.337 e. The van der Waals surface area contributed by atoms with Crippen LogP contribution in [-0.2, 0) is 0 Å². The molecule has 1 aromatic carbocycles. The number of nitrogens with zero attached hydrogens (tertiary/aromatic N) is 1. The zero-order valence-electron chi connectivity index (χ0n) is 8.32. The van der Waals surface area contributed by atoms with Crippen molar-refractivity contribution in [2.75, 3.05) is 13.1 Å². The second-order valence-corrected chi connectivity index (χ2v) is 3.78. The molecule has 2 rings (SSSR count). The van der Waals surface area contributed by atoms with Crippen LogP contribution in [0.2, 0.25) is 0 Å². The van der Waals surface area contributed by atoms with Gasteiger partial charge in [0.2, 0.25) is 0 Å². The van der Waals surface area contributed by atoms with Crippen LogP contribution in [0.4, 0.5) is 4.39 Å². The van der Waals surface area contributed by atoms with Gasteiger partial charge in [0, 0.05) is 19.1 Å². The number of rotatable bonds is 1. The molecule has 0 saturated carbocycles. The first-order chi connectivity index (χ1) is 7.18. The van der Waals surface area contributed by atoms with Gasteiger partial charge in [0.1, 0.15) is 5.82 Å². The van der Waals surface area contributed by atoms with E-state index in [-0.39, 0.29) is 17.5 Å². The summed E-state index contributed by atoms with van der Waals surface area (Å²) in [6.07, 6.45) is 0.792. The van der Waals surface area contributed by atoms with Crippen molar-refractivity contribution in [1.29, 1.82) is 0 Å². The summed E-state index contributed by atoms with van der Waals surface area (Å²) in [7, 11) is 0. The summed E-state index contributed by atoms with van der Waals surface area (Å²) in [5, 5.41) is 0. The van der Waals surface area contributed by atoms with Gasteiger partial charge in [-0.2, -0.15) is 0 Å². The van der Waals surface area contributed by atoms with E-state index in [1.165, 1.54) is 12.1 Å². The van der Waals surface area contributed by atoms with E-state index >= 15 is 0 Å². The Morgan fingerprint density at radius 1 is 1.47 bits per heavy atom. The fourth-order valence-electron chi connectivity index (χ4n) is 1.78. The van der Waals surface area contributed by atoms with Crippen molar-refractivity contribution in [2.24, 2.45) is 5.73 Å². The lowest BCUT2D eigenvalue weighted by molar-refractivity contribution is 0.0786. The SMILES string of the molecule is N[C@H]1CCN(C(=O)c2ccccc2F)C1. The molecule has 1 aromatic rings. The van der Waals surface area contributed by atoms with Crippen molar-refractivity contribution in [2.45, 2.75) is 12.5 Å². The second-order valence-electron chi connectivity index (χ2n) is 3.78. The molecule has 0 radical (unpaired) electrons. The maximum absolute atomic E-state index is 13.3. The van der Waals surface area contributed by atoms with Crippen molar-refractivity contribution in [3.63, 3.8) is 0 Å². The van der Waals surface area contributed by atoms with E-state index in [1.54, 1.807) is 17.0 Å². The molecule has 1 aliphatic rings. The standard InChI is InChI=1S/C11H13FN2O/c12-10-4-2-1-3-9(10)11(15)14-6-5-8(13)7-14/h1-4,8H,5-7,13H2/t8-/m0/s1. The number of hydrogen-bond donors (Lipinski definition) is 1. The molecule has 0 unspecified atom stereocenters. The Bertz CT molecular complexity index is 381. The van der Waals surface area contributed by atoms with Gasteiger partial charge in [0.25, 0.3) is 5.91 Å². The van der Waals surface area contributed by atoms with Crippen LogP contribution >= 0.6 is 0 Å². The third-order valence-corrected chi connectivity index (χ3v) is 2.62. The number of halogens is 1. The number of amides is 1. The first-order valence-corrected chi connectivity index (χ1v) is 4.98. The minimum Gasteiger partial charge on any atom is -0.337 e. The van der Waals surface area contributed by atoms with E-state index in [0.29, 0.717) is 13.1 Å². The first kappa shape index (κ1) is 10.1. The minimum atomic E-state index is -0.469. The maximum Gasteiger partial charge on any atom is 0.256 e. The van der Waals surface area contributed by atoms with Gasteiger partial charge in [-0.3, -0.25) is 4.79 Å². The van der Waals surface area contributed by atoms with Crippen molar-refractivity contribution in [1.82, 2.24) is 4.90 Å². The van der Waals surface area contributed by atoms with E-state index in [2.05, 4.69) is 0 Å². The number of benzene rings is 1. The molecule has 0 bridgehead atoms. The molecule has 2 N–H and O–H groups in total. The van der Waals surface area contributed by atoms with Gasteiger partial charge >= 0.3 is 0 Å². The predicted octanol–water partition coefficient (Wildman–Crippen LogP) is 0.999. The van der Waals surface area contributed by atoms with Crippen LogP contribution in [0.15, 0.2) is 24.3 Å². The Morgan fingerprint density at radius 2 is 2.20 bits per heavy atom. The summed E-state index contributed by atoms with van der Waals surface area (Å²) in [5.74, 6) is -0.732. The van der Waals surface area contributed by atoms with E-state index in [9.17, 15) is 9.18 Å². The van der Waals surface area contributed by atoms with Crippen LogP contribution in [0, 0.1) is 5.82 Å². The Morgan fingerprint density at radius 3 is 2.80 bits per heavy atom. The number of nitrogens with two attached hydrogens (primary N) is 1. The smallest absolute Gasteiger partial charge is 0.256 e. The molecule has 1 heterocycles. The van der Waals surface area contributed by atoms with Gasteiger partial charge in [0.15, 0.2) is 0 Å². The summed E-state index contributed by atoms with van der Waals surface area (Å²) >= 11 is 0. The van der Waals surface area contributed by atoms with Gasteiger partial charge in [-0.25, -0.2) is 4.39 Å². The predicted molar refractivity (Wildman–Crippen MR) is 54.9 cm³/mol. The highest BCUT2D eigenvalue weighted by atomic mass is 19.1. The maximum atomic E-state index is 13.3. The number of carbonyl (C=O) groups excluding carboxylic acids is 1. The molecule has 0 aliphatic carbocycles. The highest BCUT2D eigenvalue weighted by Gasteiger charge is 2.25. The number of hydrogen-bond acceptors (Lipinski definition) is 2. The third-order valence-electron chi connectivity index (χ3n) is 2.62. The summed E-state index contributed by atoms with van der Waals surface area (Å²) in [6, 6.07) is 6.06. The molecule has 1 atom stereocenters. The number of likely N-dealkylation sites (tertiary alicyclic amines) is 1. The summed E-state index contributed by atoms with van der Waals surface area (Å²) in [6.45, 7) is 1.14. The summed E-state index contributed by atoms with van der Waals surface area (Å²) in [5.41, 5.74) is 5.82. The lowest BCUT2D eigenvalue weighted by Crippen LogP contribution is -2.32. The average Bonchev–Trinajstić information content (AvgIpc) is 2.65. The molecular formula is C11H13FN2O. The van der Waals surface area contributed by atoms with Crippen molar-refractivity contribution in [3.8, 4) is 0 Å². The molecule has 80 valence electrons. The molecule has 0 aromatic heterocycles. The Hall–Kier alpha value is -1.42. The van der Waals surface area contributed by atoms with Crippen LogP contribution in [0.1, 0.15) is 16.8 Å². The average molecular weight is 208 g/mol. The van der Waals surface area contributed by atoms with E-state index in [1.807, 2.05) is 0 Å². The zero-order chi connectivity index (χ0) is 10.8. The molecular weight excluding hydrogens is 195 g/mol. The lowest BCUT2D eigenvalue weighted by Gasteiger charge is -2.15. The van der Waals surface area contributed by atoms with Crippen LogP contribution in [-0.4, -0.2) is 29.9 Å². The van der Waals surface area contributed by atoms with Crippen LogP contribution in [0.5, 0.6) is 0 Å². The fraction of sp³-hybridized carbons (Fsp3) is 0.364. The van der Waals surface area contributed by atoms with Gasteiger partial charge in [-0.15, -0.1) is 0 Å². The van der Waals surface area contributed by atoms with E-state index in [4.69, 9.17) is 5.73 Å². The molecule has 4 heteroatoms. The minimum absolute atomic E-state index is 0.0284.